The fourth-order valence-electron chi connectivity index (χ4n) is 7.30. The maximum absolute atomic E-state index is 16.4. The molecule has 0 aromatic heterocycles. The fraction of sp³-hybridized carbons (Fsp3) is 0.0811. The van der Waals surface area contributed by atoms with Gasteiger partial charge in [0.05, 0.1) is 10.5 Å². The second-order valence-corrected chi connectivity index (χ2v) is 14.4. The predicted molar refractivity (Wildman–Crippen MR) is 168 cm³/mol. The lowest BCUT2D eigenvalue weighted by molar-refractivity contribution is 0.194. The van der Waals surface area contributed by atoms with Crippen molar-refractivity contribution >= 4 is 45.4 Å². The van der Waals surface area contributed by atoms with Crippen LogP contribution in [0.1, 0.15) is 18.1 Å². The SMILES string of the molecule is CC12c3ccccc3C=CC1Oc1cc(-c3cccc4ccccc34)cc3c1P2(=O)c1c(ccc2ccccc12)O3. The molecule has 6 aromatic rings. The summed E-state index contributed by atoms with van der Waals surface area (Å²) in [7, 11) is -3.41. The minimum Gasteiger partial charge on any atom is -0.484 e. The molecule has 0 fully saturated rings. The highest BCUT2D eigenvalue weighted by Crippen LogP contribution is 2.72. The molecule has 1 aliphatic carbocycles. The molecule has 3 atom stereocenters. The summed E-state index contributed by atoms with van der Waals surface area (Å²) in [6.45, 7) is 2.13. The molecular formula is C37H25O3P. The largest absolute Gasteiger partial charge is 0.484 e. The van der Waals surface area contributed by atoms with Crippen molar-refractivity contribution in [1.29, 1.82) is 0 Å². The Morgan fingerprint density at radius 3 is 2.27 bits per heavy atom. The average molecular weight is 549 g/mol. The molecule has 0 N–H and O–H groups in total. The van der Waals surface area contributed by atoms with Gasteiger partial charge in [0.1, 0.15) is 28.7 Å². The van der Waals surface area contributed by atoms with Crippen LogP contribution in [0, 0.1) is 0 Å². The Hall–Kier alpha value is -4.59. The normalized spacial score (nSPS) is 23.1. The molecule has 3 unspecified atom stereocenters. The third-order valence-corrected chi connectivity index (χ3v) is 13.2. The van der Waals surface area contributed by atoms with Crippen LogP contribution < -0.4 is 20.1 Å². The number of hydrogen-bond donors (Lipinski definition) is 0. The summed E-state index contributed by atoms with van der Waals surface area (Å²) in [6, 6.07) is 39.4. The molecule has 196 valence electrons. The van der Waals surface area contributed by atoms with Gasteiger partial charge in [0, 0.05) is 0 Å². The van der Waals surface area contributed by atoms with Crippen LogP contribution in [-0.2, 0) is 9.72 Å². The minimum absolute atomic E-state index is 0.406. The van der Waals surface area contributed by atoms with Gasteiger partial charge in [0.25, 0.3) is 0 Å². The van der Waals surface area contributed by atoms with Gasteiger partial charge in [-0.2, -0.15) is 0 Å². The minimum atomic E-state index is -3.41. The third kappa shape index (κ3) is 2.87. The zero-order valence-corrected chi connectivity index (χ0v) is 23.3. The van der Waals surface area contributed by atoms with Gasteiger partial charge in [-0.15, -0.1) is 0 Å². The number of ether oxygens (including phenoxy) is 2. The van der Waals surface area contributed by atoms with Crippen LogP contribution in [0.25, 0.3) is 38.7 Å². The molecule has 0 spiro atoms. The molecule has 41 heavy (non-hydrogen) atoms. The van der Waals surface area contributed by atoms with Crippen LogP contribution >= 0.6 is 7.14 Å². The van der Waals surface area contributed by atoms with Gasteiger partial charge >= 0.3 is 0 Å². The van der Waals surface area contributed by atoms with E-state index in [1.807, 2.05) is 30.3 Å². The molecule has 0 amide bonds. The zero-order chi connectivity index (χ0) is 27.3. The van der Waals surface area contributed by atoms with E-state index in [0.29, 0.717) is 22.6 Å². The summed E-state index contributed by atoms with van der Waals surface area (Å²) in [6.07, 6.45) is 3.80. The van der Waals surface area contributed by atoms with Gasteiger partial charge in [-0.3, -0.25) is 0 Å². The van der Waals surface area contributed by atoms with Crippen molar-refractivity contribution in [2.75, 3.05) is 0 Å². The van der Waals surface area contributed by atoms with Gasteiger partial charge in [0.15, 0.2) is 7.14 Å². The summed E-state index contributed by atoms with van der Waals surface area (Å²) in [5, 5.41) is 5.01. The second-order valence-electron chi connectivity index (χ2n) is 11.3. The first-order valence-corrected chi connectivity index (χ1v) is 15.7. The number of rotatable bonds is 1. The van der Waals surface area contributed by atoms with Crippen LogP contribution in [0.4, 0.5) is 0 Å². The quantitative estimate of drug-likeness (QED) is 0.193. The third-order valence-electron chi connectivity index (χ3n) is 9.27. The van der Waals surface area contributed by atoms with Crippen LogP contribution in [0.2, 0.25) is 0 Å². The first-order chi connectivity index (χ1) is 20.1. The summed E-state index contributed by atoms with van der Waals surface area (Å²) < 4.78 is 30.0. The summed E-state index contributed by atoms with van der Waals surface area (Å²) >= 11 is 0. The van der Waals surface area contributed by atoms with E-state index in [-0.39, 0.29) is 0 Å². The molecule has 4 heteroatoms. The Bertz CT molecular complexity index is 2170. The molecule has 6 aromatic carbocycles. The lowest BCUT2D eigenvalue weighted by Crippen LogP contribution is -2.51. The Balaban J connectivity index is 1.41. The van der Waals surface area contributed by atoms with E-state index >= 15 is 4.57 Å². The van der Waals surface area contributed by atoms with E-state index in [0.717, 1.165) is 43.7 Å². The van der Waals surface area contributed by atoms with E-state index in [2.05, 4.69) is 104 Å². The van der Waals surface area contributed by atoms with E-state index in [9.17, 15) is 0 Å². The second kappa shape index (κ2) is 8.00. The molecule has 2 aliphatic heterocycles. The molecule has 0 radical (unpaired) electrons. The lowest BCUT2D eigenvalue weighted by atomic mass is 9.85. The van der Waals surface area contributed by atoms with E-state index in [1.165, 1.54) is 5.39 Å². The Morgan fingerprint density at radius 2 is 1.39 bits per heavy atom. The topological polar surface area (TPSA) is 35.5 Å². The van der Waals surface area contributed by atoms with Crippen molar-refractivity contribution in [2.45, 2.75) is 18.2 Å². The summed E-state index contributed by atoms with van der Waals surface area (Å²) in [5.41, 5.74) is 4.20. The van der Waals surface area contributed by atoms with Gasteiger partial charge < -0.3 is 14.0 Å². The molecule has 2 heterocycles. The first kappa shape index (κ1) is 23.1. The maximum Gasteiger partial charge on any atom is 0.168 e. The van der Waals surface area contributed by atoms with E-state index in [1.54, 1.807) is 0 Å². The molecule has 3 nitrogen and oxygen atoms in total. The van der Waals surface area contributed by atoms with Crippen LogP contribution in [-0.4, -0.2) is 6.10 Å². The average Bonchev–Trinajstić information content (AvgIpc) is 3.01. The van der Waals surface area contributed by atoms with Crippen molar-refractivity contribution in [2.24, 2.45) is 0 Å². The zero-order valence-electron chi connectivity index (χ0n) is 22.4. The molecule has 0 saturated heterocycles. The Morgan fingerprint density at radius 1 is 0.683 bits per heavy atom. The van der Waals surface area contributed by atoms with E-state index in [4.69, 9.17) is 9.47 Å². The van der Waals surface area contributed by atoms with Gasteiger partial charge in [-0.05, 0) is 75.0 Å². The number of benzene rings is 6. The van der Waals surface area contributed by atoms with Crippen LogP contribution in [0.3, 0.4) is 0 Å². The summed E-state index contributed by atoms with van der Waals surface area (Å²) in [4.78, 5) is 0. The molecular weight excluding hydrogens is 523 g/mol. The molecule has 0 saturated carbocycles. The standard InChI is InChI=1S/C37H25O3P/c1-37-30-16-7-4-11-25(30)18-20-34(37)40-33-22-26(28-15-8-12-23-9-2-5-13-27(23)28)21-32-36(33)41(37,38)35-29-14-6-3-10-24(29)17-19-31(35)39-32/h2-22,34H,1H3. The first-order valence-electron chi connectivity index (χ1n) is 14.0. The van der Waals surface area contributed by atoms with Crippen molar-refractivity contribution < 1.29 is 14.0 Å². The Labute approximate surface area is 238 Å². The van der Waals surface area contributed by atoms with Crippen molar-refractivity contribution in [3.8, 4) is 28.4 Å². The lowest BCUT2D eigenvalue weighted by Gasteiger charge is -2.51. The number of fused-ring (bicyclic) bond motifs is 9. The van der Waals surface area contributed by atoms with E-state index < -0.39 is 18.4 Å². The highest BCUT2D eigenvalue weighted by molar-refractivity contribution is 7.81. The van der Waals surface area contributed by atoms with Crippen molar-refractivity contribution in [3.63, 3.8) is 0 Å². The van der Waals surface area contributed by atoms with Crippen molar-refractivity contribution in [3.05, 3.63) is 132 Å². The molecule has 0 bridgehead atoms. The van der Waals surface area contributed by atoms with Gasteiger partial charge in [-0.1, -0.05) is 103 Å². The van der Waals surface area contributed by atoms with Crippen molar-refractivity contribution in [1.82, 2.24) is 0 Å². The van der Waals surface area contributed by atoms with Gasteiger partial charge in [0.2, 0.25) is 0 Å². The van der Waals surface area contributed by atoms with Gasteiger partial charge in [-0.25, -0.2) is 0 Å². The highest BCUT2D eigenvalue weighted by atomic mass is 31.2. The Kier molecular flexibility index (Phi) is 4.51. The maximum atomic E-state index is 16.4. The predicted octanol–water partition coefficient (Wildman–Crippen LogP) is 8.78. The monoisotopic (exact) mass is 548 g/mol. The number of hydrogen-bond acceptors (Lipinski definition) is 3. The smallest absolute Gasteiger partial charge is 0.168 e. The molecule has 9 rings (SSSR count). The van der Waals surface area contributed by atoms with Crippen LogP contribution in [0.15, 0.2) is 121 Å². The molecule has 3 aliphatic rings. The fourth-order valence-corrected chi connectivity index (χ4v) is 11.3. The summed E-state index contributed by atoms with van der Waals surface area (Å²) in [5.74, 6) is 1.91. The van der Waals surface area contributed by atoms with Crippen LogP contribution in [0.5, 0.6) is 17.2 Å². The highest BCUT2D eigenvalue weighted by Gasteiger charge is 2.62.